The monoisotopic (exact) mass is 240 g/mol. The maximum absolute atomic E-state index is 3.68. The van der Waals surface area contributed by atoms with E-state index < -0.39 is 0 Å². The summed E-state index contributed by atoms with van der Waals surface area (Å²) >= 11 is 2.16. The summed E-state index contributed by atoms with van der Waals surface area (Å²) in [5.74, 6) is 3.74. The zero-order chi connectivity index (χ0) is 10.8. The molecule has 3 rings (SSSR count). The standard InChI is InChI=1S/C13H24N2S/c1-2-4-11(3-1)13-9-14-6-5-12-10-16-8-7-15(12)13/h11-14H,1-10H2. The molecule has 16 heavy (non-hydrogen) atoms. The van der Waals surface area contributed by atoms with Gasteiger partial charge in [0.1, 0.15) is 0 Å². The van der Waals surface area contributed by atoms with Gasteiger partial charge in [-0.1, -0.05) is 12.8 Å². The van der Waals surface area contributed by atoms with Gasteiger partial charge in [-0.2, -0.15) is 11.8 Å². The van der Waals surface area contributed by atoms with E-state index in [-0.39, 0.29) is 0 Å². The Bertz CT molecular complexity index is 228. The van der Waals surface area contributed by atoms with Gasteiger partial charge in [0.15, 0.2) is 0 Å². The average molecular weight is 240 g/mol. The van der Waals surface area contributed by atoms with Crippen molar-refractivity contribution in [3.8, 4) is 0 Å². The van der Waals surface area contributed by atoms with Crippen LogP contribution in [-0.4, -0.2) is 48.1 Å². The van der Waals surface area contributed by atoms with Gasteiger partial charge in [0, 0.05) is 36.7 Å². The normalized spacial score (nSPS) is 38.2. The molecular weight excluding hydrogens is 216 g/mol. The Morgan fingerprint density at radius 2 is 2.00 bits per heavy atom. The second-order valence-corrected chi connectivity index (χ2v) is 6.72. The number of nitrogens with one attached hydrogen (secondary N) is 1. The molecule has 2 heterocycles. The summed E-state index contributed by atoms with van der Waals surface area (Å²) in [6.07, 6.45) is 7.31. The van der Waals surface area contributed by atoms with Gasteiger partial charge in [0.05, 0.1) is 0 Å². The Labute approximate surface area is 104 Å². The Morgan fingerprint density at radius 3 is 2.88 bits per heavy atom. The van der Waals surface area contributed by atoms with Crippen LogP contribution in [0.15, 0.2) is 0 Å². The molecule has 3 fully saturated rings. The van der Waals surface area contributed by atoms with E-state index in [4.69, 9.17) is 0 Å². The lowest BCUT2D eigenvalue weighted by molar-refractivity contribution is 0.116. The smallest absolute Gasteiger partial charge is 0.0252 e. The highest BCUT2D eigenvalue weighted by molar-refractivity contribution is 7.99. The van der Waals surface area contributed by atoms with Gasteiger partial charge in [-0.3, -0.25) is 4.90 Å². The van der Waals surface area contributed by atoms with Crippen molar-refractivity contribution < 1.29 is 0 Å². The minimum absolute atomic E-state index is 0.857. The molecule has 2 aliphatic heterocycles. The molecule has 0 amide bonds. The topological polar surface area (TPSA) is 15.3 Å². The lowest BCUT2D eigenvalue weighted by Gasteiger charge is -2.41. The Kier molecular flexibility index (Phi) is 3.75. The van der Waals surface area contributed by atoms with Crippen molar-refractivity contribution >= 4 is 11.8 Å². The van der Waals surface area contributed by atoms with Crippen LogP contribution in [0.3, 0.4) is 0 Å². The molecule has 1 N–H and O–H groups in total. The first kappa shape index (κ1) is 11.4. The molecule has 0 bridgehead atoms. The fraction of sp³-hybridized carbons (Fsp3) is 1.00. The molecule has 1 saturated carbocycles. The van der Waals surface area contributed by atoms with Crippen molar-refractivity contribution in [2.75, 3.05) is 31.1 Å². The number of nitrogens with zero attached hydrogens (tertiary/aromatic N) is 1. The van der Waals surface area contributed by atoms with Gasteiger partial charge in [-0.15, -0.1) is 0 Å². The number of thioether (sulfide) groups is 1. The van der Waals surface area contributed by atoms with Gasteiger partial charge in [0.25, 0.3) is 0 Å². The third-order valence-electron chi connectivity index (χ3n) is 4.65. The second kappa shape index (κ2) is 5.28. The summed E-state index contributed by atoms with van der Waals surface area (Å²) in [7, 11) is 0. The van der Waals surface area contributed by atoms with Gasteiger partial charge in [-0.05, 0) is 31.7 Å². The summed E-state index contributed by atoms with van der Waals surface area (Å²) in [4.78, 5) is 2.87. The molecule has 2 nitrogen and oxygen atoms in total. The van der Waals surface area contributed by atoms with Crippen molar-refractivity contribution in [3.63, 3.8) is 0 Å². The van der Waals surface area contributed by atoms with E-state index in [0.29, 0.717) is 0 Å². The van der Waals surface area contributed by atoms with Crippen LogP contribution in [0.5, 0.6) is 0 Å². The molecule has 1 aliphatic carbocycles. The quantitative estimate of drug-likeness (QED) is 0.754. The molecule has 3 aliphatic rings. The molecule has 0 aromatic rings. The van der Waals surface area contributed by atoms with Crippen LogP contribution in [0.2, 0.25) is 0 Å². The predicted octanol–water partition coefficient (Wildman–Crippen LogP) is 1.96. The van der Waals surface area contributed by atoms with E-state index in [9.17, 15) is 0 Å². The summed E-state index contributed by atoms with van der Waals surface area (Å²) in [5.41, 5.74) is 0. The molecule has 2 atom stereocenters. The van der Waals surface area contributed by atoms with Gasteiger partial charge in [-0.25, -0.2) is 0 Å². The Morgan fingerprint density at radius 1 is 1.12 bits per heavy atom. The van der Waals surface area contributed by atoms with Crippen molar-refractivity contribution in [2.45, 2.75) is 44.2 Å². The van der Waals surface area contributed by atoms with Crippen molar-refractivity contribution in [1.29, 1.82) is 0 Å². The molecule has 2 unspecified atom stereocenters. The zero-order valence-corrected chi connectivity index (χ0v) is 11.0. The van der Waals surface area contributed by atoms with Crippen molar-refractivity contribution in [1.82, 2.24) is 10.2 Å². The number of hydrogen-bond donors (Lipinski definition) is 1. The van der Waals surface area contributed by atoms with E-state index in [0.717, 1.165) is 18.0 Å². The molecule has 0 aromatic heterocycles. The fourth-order valence-electron chi connectivity index (χ4n) is 3.77. The first-order chi connectivity index (χ1) is 7.95. The molecule has 3 heteroatoms. The molecule has 2 saturated heterocycles. The van der Waals surface area contributed by atoms with Crippen LogP contribution in [-0.2, 0) is 0 Å². The lowest BCUT2D eigenvalue weighted by Crippen LogP contribution is -2.52. The third-order valence-corrected chi connectivity index (χ3v) is 5.74. The first-order valence-electron chi connectivity index (χ1n) is 6.99. The lowest BCUT2D eigenvalue weighted by atomic mass is 9.95. The third kappa shape index (κ3) is 2.27. The van der Waals surface area contributed by atoms with Crippen LogP contribution in [0.4, 0.5) is 0 Å². The Hall–Kier alpha value is 0.270. The van der Waals surface area contributed by atoms with Gasteiger partial charge >= 0.3 is 0 Å². The average Bonchev–Trinajstić information content (AvgIpc) is 2.76. The summed E-state index contributed by atoms with van der Waals surface area (Å²) < 4.78 is 0. The van der Waals surface area contributed by atoms with Crippen LogP contribution >= 0.6 is 11.8 Å². The highest BCUT2D eigenvalue weighted by Gasteiger charge is 2.36. The van der Waals surface area contributed by atoms with E-state index >= 15 is 0 Å². The zero-order valence-electron chi connectivity index (χ0n) is 10.2. The van der Waals surface area contributed by atoms with Crippen LogP contribution in [0.1, 0.15) is 32.1 Å². The molecule has 0 aromatic carbocycles. The van der Waals surface area contributed by atoms with E-state index in [2.05, 4.69) is 22.0 Å². The first-order valence-corrected chi connectivity index (χ1v) is 8.15. The van der Waals surface area contributed by atoms with E-state index in [1.807, 2.05) is 0 Å². The largest absolute Gasteiger partial charge is 0.315 e. The van der Waals surface area contributed by atoms with Gasteiger partial charge in [0.2, 0.25) is 0 Å². The highest BCUT2D eigenvalue weighted by atomic mass is 32.2. The second-order valence-electron chi connectivity index (χ2n) is 5.57. The summed E-state index contributed by atoms with van der Waals surface area (Å²) in [6, 6.07) is 1.73. The molecule has 92 valence electrons. The van der Waals surface area contributed by atoms with Crippen LogP contribution < -0.4 is 5.32 Å². The maximum atomic E-state index is 3.68. The highest BCUT2D eigenvalue weighted by Crippen LogP contribution is 2.34. The van der Waals surface area contributed by atoms with Crippen molar-refractivity contribution in [3.05, 3.63) is 0 Å². The fourth-order valence-corrected chi connectivity index (χ4v) is 4.91. The van der Waals surface area contributed by atoms with E-state index in [1.54, 1.807) is 0 Å². The minimum Gasteiger partial charge on any atom is -0.315 e. The molecule has 0 spiro atoms. The minimum atomic E-state index is 0.857. The molecular formula is C13H24N2S. The number of hydrogen-bond acceptors (Lipinski definition) is 3. The summed E-state index contributed by atoms with van der Waals surface area (Å²) in [6.45, 7) is 3.84. The van der Waals surface area contributed by atoms with Gasteiger partial charge < -0.3 is 5.32 Å². The number of rotatable bonds is 1. The van der Waals surface area contributed by atoms with Crippen LogP contribution in [0.25, 0.3) is 0 Å². The number of fused-ring (bicyclic) bond motifs is 1. The maximum Gasteiger partial charge on any atom is 0.0252 e. The van der Waals surface area contributed by atoms with E-state index in [1.165, 1.54) is 63.2 Å². The SMILES string of the molecule is C1CCC(C2CNCCC3CSCCN32)C1. The summed E-state index contributed by atoms with van der Waals surface area (Å²) in [5, 5.41) is 3.68. The van der Waals surface area contributed by atoms with Crippen LogP contribution in [0, 0.1) is 5.92 Å². The molecule has 0 radical (unpaired) electrons. The predicted molar refractivity (Wildman–Crippen MR) is 71.1 cm³/mol. The van der Waals surface area contributed by atoms with Crippen molar-refractivity contribution in [2.24, 2.45) is 5.92 Å². The Balaban J connectivity index is 1.72.